The number of rotatable bonds is 5. The third-order valence-corrected chi connectivity index (χ3v) is 4.29. The summed E-state index contributed by atoms with van der Waals surface area (Å²) < 4.78 is 33.4. The van der Waals surface area contributed by atoms with Crippen molar-refractivity contribution < 1.29 is 18.3 Å². The van der Waals surface area contributed by atoms with Crippen LogP contribution in [0.3, 0.4) is 0 Å². The van der Waals surface area contributed by atoms with Crippen LogP contribution in [0.15, 0.2) is 24.4 Å². The highest BCUT2D eigenvalue weighted by molar-refractivity contribution is 5.90. The van der Waals surface area contributed by atoms with E-state index in [1.807, 2.05) is 32.0 Å². The molecule has 0 unspecified atom stereocenters. The van der Waals surface area contributed by atoms with E-state index in [1.165, 1.54) is 10.9 Å². The van der Waals surface area contributed by atoms with Crippen LogP contribution in [-0.4, -0.2) is 27.8 Å². The number of methoxy groups -OCH3 is 1. The van der Waals surface area contributed by atoms with Gasteiger partial charge in [-0.05, 0) is 29.2 Å². The minimum atomic E-state index is -2.72. The van der Waals surface area contributed by atoms with E-state index in [1.54, 1.807) is 12.0 Å². The standard InChI is InChI=1S/C18H22F2N4O2/c1-11(2)8-24-16(17(19)20)15(7-21-24)22-18(25)23-9-12-4-5-14(26-3)6-13(12)10-23/h4-7,11,17H,8-10H2,1-3H3,(H,22,25). The molecule has 8 heteroatoms. The van der Waals surface area contributed by atoms with Gasteiger partial charge in [0, 0.05) is 19.6 Å². The van der Waals surface area contributed by atoms with Crippen LogP contribution >= 0.6 is 0 Å². The Hall–Kier alpha value is -2.64. The average Bonchev–Trinajstić information content (AvgIpc) is 3.17. The lowest BCUT2D eigenvalue weighted by Crippen LogP contribution is -2.30. The molecule has 0 spiro atoms. The molecule has 0 atom stereocenters. The van der Waals surface area contributed by atoms with E-state index in [4.69, 9.17) is 4.74 Å². The Morgan fingerprint density at radius 3 is 2.69 bits per heavy atom. The Kier molecular flexibility index (Phi) is 5.11. The number of hydrogen-bond acceptors (Lipinski definition) is 3. The molecular formula is C18H22F2N4O2. The molecule has 1 aliphatic rings. The van der Waals surface area contributed by atoms with Gasteiger partial charge in [0.1, 0.15) is 11.4 Å². The second-order valence-electron chi connectivity index (χ2n) is 6.74. The molecule has 0 fully saturated rings. The van der Waals surface area contributed by atoms with Crippen molar-refractivity contribution in [3.63, 3.8) is 0 Å². The zero-order valence-electron chi connectivity index (χ0n) is 15.0. The predicted octanol–water partition coefficient (Wildman–Crippen LogP) is 4.03. The fraction of sp³-hybridized carbons (Fsp3) is 0.444. The number of ether oxygens (including phenoxy) is 1. The third kappa shape index (κ3) is 3.63. The average molecular weight is 364 g/mol. The normalized spacial score (nSPS) is 13.4. The number of alkyl halides is 2. The molecule has 2 aromatic rings. The Balaban J connectivity index is 1.74. The van der Waals surface area contributed by atoms with Crippen LogP contribution in [0.5, 0.6) is 5.75 Å². The first-order valence-electron chi connectivity index (χ1n) is 8.44. The van der Waals surface area contributed by atoms with Crippen LogP contribution in [0.4, 0.5) is 19.3 Å². The number of amides is 2. The minimum absolute atomic E-state index is 0.0548. The van der Waals surface area contributed by atoms with Gasteiger partial charge in [-0.15, -0.1) is 0 Å². The molecule has 140 valence electrons. The van der Waals surface area contributed by atoms with Gasteiger partial charge in [0.2, 0.25) is 0 Å². The zero-order chi connectivity index (χ0) is 18.8. The number of nitrogens with one attached hydrogen (secondary N) is 1. The molecule has 1 aromatic heterocycles. The van der Waals surface area contributed by atoms with Gasteiger partial charge in [-0.2, -0.15) is 5.10 Å². The maximum absolute atomic E-state index is 13.5. The molecule has 0 saturated heterocycles. The monoisotopic (exact) mass is 364 g/mol. The predicted molar refractivity (Wildman–Crippen MR) is 93.3 cm³/mol. The first-order valence-corrected chi connectivity index (χ1v) is 8.44. The SMILES string of the molecule is COc1ccc2c(c1)CN(C(=O)Nc1cnn(CC(C)C)c1C(F)F)C2. The van der Waals surface area contributed by atoms with Crippen LogP contribution in [0.1, 0.15) is 37.1 Å². The molecule has 2 heterocycles. The van der Waals surface area contributed by atoms with Crippen LogP contribution in [0.25, 0.3) is 0 Å². The van der Waals surface area contributed by atoms with E-state index < -0.39 is 12.5 Å². The topological polar surface area (TPSA) is 59.4 Å². The van der Waals surface area contributed by atoms with E-state index in [-0.39, 0.29) is 17.3 Å². The van der Waals surface area contributed by atoms with Gasteiger partial charge in [-0.25, -0.2) is 13.6 Å². The fourth-order valence-electron chi connectivity index (χ4n) is 3.05. The molecule has 0 bridgehead atoms. The van der Waals surface area contributed by atoms with Crippen LogP contribution in [0.2, 0.25) is 0 Å². The molecule has 3 rings (SSSR count). The van der Waals surface area contributed by atoms with Crippen LogP contribution in [-0.2, 0) is 19.6 Å². The molecule has 26 heavy (non-hydrogen) atoms. The Labute approximate surface area is 150 Å². The third-order valence-electron chi connectivity index (χ3n) is 4.29. The number of hydrogen-bond donors (Lipinski definition) is 1. The number of halogens is 2. The van der Waals surface area contributed by atoms with E-state index in [9.17, 15) is 13.6 Å². The van der Waals surface area contributed by atoms with Gasteiger partial charge in [0.05, 0.1) is 19.0 Å². The van der Waals surface area contributed by atoms with Crippen molar-refractivity contribution >= 4 is 11.7 Å². The van der Waals surface area contributed by atoms with Crippen LogP contribution in [0, 0.1) is 5.92 Å². The van der Waals surface area contributed by atoms with Crippen molar-refractivity contribution in [1.29, 1.82) is 0 Å². The number of carbonyl (C=O) groups is 1. The summed E-state index contributed by atoms with van der Waals surface area (Å²) in [4.78, 5) is 14.1. The van der Waals surface area contributed by atoms with Crippen molar-refractivity contribution in [3.8, 4) is 5.75 Å². The molecular weight excluding hydrogens is 342 g/mol. The van der Waals surface area contributed by atoms with Crippen molar-refractivity contribution in [1.82, 2.24) is 14.7 Å². The molecule has 1 aliphatic heterocycles. The number of nitrogens with zero attached hydrogens (tertiary/aromatic N) is 3. The van der Waals surface area contributed by atoms with Crippen molar-refractivity contribution in [2.75, 3.05) is 12.4 Å². The van der Waals surface area contributed by atoms with Gasteiger partial charge in [-0.1, -0.05) is 19.9 Å². The highest BCUT2D eigenvalue weighted by atomic mass is 19.3. The van der Waals surface area contributed by atoms with Crippen molar-refractivity contribution in [3.05, 3.63) is 41.2 Å². The van der Waals surface area contributed by atoms with Gasteiger partial charge in [-0.3, -0.25) is 4.68 Å². The molecule has 0 saturated carbocycles. The lowest BCUT2D eigenvalue weighted by Gasteiger charge is -2.17. The zero-order valence-corrected chi connectivity index (χ0v) is 15.0. The summed E-state index contributed by atoms with van der Waals surface area (Å²) in [5.41, 5.74) is 1.80. The first-order chi connectivity index (χ1) is 12.4. The summed E-state index contributed by atoms with van der Waals surface area (Å²) in [7, 11) is 1.59. The Morgan fingerprint density at radius 2 is 2.04 bits per heavy atom. The Bertz CT molecular complexity index is 804. The second-order valence-corrected chi connectivity index (χ2v) is 6.74. The Morgan fingerprint density at radius 1 is 1.31 bits per heavy atom. The lowest BCUT2D eigenvalue weighted by atomic mass is 10.1. The summed E-state index contributed by atoms with van der Waals surface area (Å²) in [6.07, 6.45) is -1.43. The summed E-state index contributed by atoms with van der Waals surface area (Å²) in [6.45, 7) is 5.04. The second kappa shape index (κ2) is 7.31. The summed E-state index contributed by atoms with van der Waals surface area (Å²) >= 11 is 0. The van der Waals surface area contributed by atoms with Gasteiger partial charge < -0.3 is 15.0 Å². The lowest BCUT2D eigenvalue weighted by molar-refractivity contribution is 0.138. The van der Waals surface area contributed by atoms with Crippen molar-refractivity contribution in [2.45, 2.75) is 39.9 Å². The smallest absolute Gasteiger partial charge is 0.322 e. The molecule has 6 nitrogen and oxygen atoms in total. The summed E-state index contributed by atoms with van der Waals surface area (Å²) in [5.74, 6) is 0.889. The summed E-state index contributed by atoms with van der Waals surface area (Å²) in [5, 5.41) is 6.59. The number of carbonyl (C=O) groups excluding carboxylic acids is 1. The minimum Gasteiger partial charge on any atom is -0.497 e. The van der Waals surface area contributed by atoms with Crippen molar-refractivity contribution in [2.24, 2.45) is 5.92 Å². The largest absolute Gasteiger partial charge is 0.497 e. The fourth-order valence-corrected chi connectivity index (χ4v) is 3.05. The van der Waals surface area contributed by atoms with E-state index in [2.05, 4.69) is 10.4 Å². The maximum Gasteiger partial charge on any atom is 0.322 e. The number of aromatic nitrogens is 2. The van der Waals surface area contributed by atoms with Gasteiger partial charge in [0.25, 0.3) is 6.43 Å². The maximum atomic E-state index is 13.5. The van der Waals surface area contributed by atoms with Crippen LogP contribution < -0.4 is 10.1 Å². The number of benzene rings is 1. The molecule has 0 radical (unpaired) electrons. The van der Waals surface area contributed by atoms with Gasteiger partial charge in [0.15, 0.2) is 0 Å². The molecule has 2 amide bonds. The first kappa shape index (κ1) is 18.2. The molecule has 1 aromatic carbocycles. The highest BCUT2D eigenvalue weighted by Gasteiger charge is 2.27. The number of anilines is 1. The van der Waals surface area contributed by atoms with E-state index >= 15 is 0 Å². The number of urea groups is 1. The summed E-state index contributed by atoms with van der Waals surface area (Å²) in [6, 6.07) is 5.21. The van der Waals surface area contributed by atoms with E-state index in [0.29, 0.717) is 19.6 Å². The highest BCUT2D eigenvalue weighted by Crippen LogP contribution is 2.30. The molecule has 1 N–H and O–H groups in total. The molecule has 0 aliphatic carbocycles. The number of fused-ring (bicyclic) bond motifs is 1. The van der Waals surface area contributed by atoms with E-state index in [0.717, 1.165) is 16.9 Å². The van der Waals surface area contributed by atoms with Gasteiger partial charge >= 0.3 is 6.03 Å². The quantitative estimate of drug-likeness (QED) is 0.871.